The molecule has 3 aromatic rings. The first-order valence-electron chi connectivity index (χ1n) is 7.56. The van der Waals surface area contributed by atoms with E-state index in [4.69, 9.17) is 4.74 Å². The highest BCUT2D eigenvalue weighted by molar-refractivity contribution is 6.02. The number of carbonyl (C=O) groups excluding carboxylic acids is 1. The van der Waals surface area contributed by atoms with Crippen molar-refractivity contribution in [1.29, 1.82) is 0 Å². The van der Waals surface area contributed by atoms with Gasteiger partial charge in [0.05, 0.1) is 7.11 Å². The summed E-state index contributed by atoms with van der Waals surface area (Å²) in [7, 11) is 1.53. The summed E-state index contributed by atoms with van der Waals surface area (Å²) in [6.07, 6.45) is 0. The molecule has 2 aromatic carbocycles. The van der Waals surface area contributed by atoms with Crippen LogP contribution in [0.3, 0.4) is 0 Å². The predicted octanol–water partition coefficient (Wildman–Crippen LogP) is 3.76. The molecule has 0 aliphatic rings. The van der Waals surface area contributed by atoms with Crippen LogP contribution in [-0.2, 0) is 0 Å². The molecule has 132 valence electrons. The summed E-state index contributed by atoms with van der Waals surface area (Å²) >= 11 is 0. The molecule has 1 aromatic heterocycles. The molecule has 0 aliphatic heterocycles. The third-order valence-electron chi connectivity index (χ3n) is 3.42. The molecule has 0 spiro atoms. The van der Waals surface area contributed by atoms with Crippen LogP contribution in [0.25, 0.3) is 0 Å². The zero-order chi connectivity index (χ0) is 18.5. The first kappa shape index (κ1) is 17.3. The van der Waals surface area contributed by atoms with Gasteiger partial charge >= 0.3 is 0 Å². The summed E-state index contributed by atoms with van der Waals surface area (Å²) in [5.74, 6) is -1.46. The maximum absolute atomic E-state index is 13.2. The van der Waals surface area contributed by atoms with E-state index in [1.807, 2.05) is 0 Å². The van der Waals surface area contributed by atoms with Crippen molar-refractivity contribution in [3.05, 3.63) is 71.9 Å². The van der Waals surface area contributed by atoms with Gasteiger partial charge in [0, 0.05) is 23.5 Å². The Morgan fingerprint density at radius 2 is 1.81 bits per heavy atom. The summed E-state index contributed by atoms with van der Waals surface area (Å²) in [5.41, 5.74) is 0.968. The van der Waals surface area contributed by atoms with Gasteiger partial charge in [-0.15, -0.1) is 10.2 Å². The van der Waals surface area contributed by atoms with E-state index in [2.05, 4.69) is 20.8 Å². The highest BCUT2D eigenvalue weighted by Crippen LogP contribution is 2.19. The Bertz CT molecular complexity index is 933. The quantitative estimate of drug-likeness (QED) is 0.728. The maximum atomic E-state index is 13.2. The number of carbonyl (C=O) groups is 1. The van der Waals surface area contributed by atoms with E-state index in [0.717, 1.165) is 12.1 Å². The lowest BCUT2D eigenvalue weighted by atomic mass is 10.2. The van der Waals surface area contributed by atoms with Crippen molar-refractivity contribution in [2.75, 3.05) is 17.7 Å². The van der Waals surface area contributed by atoms with Gasteiger partial charge in [-0.05, 0) is 36.4 Å². The molecule has 0 bridgehead atoms. The fourth-order valence-electron chi connectivity index (χ4n) is 2.14. The summed E-state index contributed by atoms with van der Waals surface area (Å²) in [6.45, 7) is 0. The molecular formula is C18H14F2N4O2. The molecule has 26 heavy (non-hydrogen) atoms. The second-order valence-electron chi connectivity index (χ2n) is 5.24. The van der Waals surface area contributed by atoms with Gasteiger partial charge in [-0.3, -0.25) is 4.79 Å². The zero-order valence-electron chi connectivity index (χ0n) is 13.7. The van der Waals surface area contributed by atoms with Gasteiger partial charge < -0.3 is 15.4 Å². The van der Waals surface area contributed by atoms with Gasteiger partial charge in [-0.2, -0.15) is 0 Å². The van der Waals surface area contributed by atoms with E-state index in [0.29, 0.717) is 17.1 Å². The number of nitrogens with one attached hydrogen (secondary N) is 2. The lowest BCUT2D eigenvalue weighted by Crippen LogP contribution is -2.14. The third-order valence-corrected chi connectivity index (χ3v) is 3.42. The molecule has 0 saturated heterocycles. The van der Waals surface area contributed by atoms with Gasteiger partial charge in [0.15, 0.2) is 23.1 Å². The average Bonchev–Trinajstić information content (AvgIpc) is 2.65. The molecule has 3 rings (SSSR count). The minimum atomic E-state index is -0.975. The van der Waals surface area contributed by atoms with Crippen LogP contribution in [0.4, 0.5) is 26.0 Å². The number of ether oxygens (including phenoxy) is 1. The molecule has 0 radical (unpaired) electrons. The molecule has 2 N–H and O–H groups in total. The molecule has 1 heterocycles. The first-order valence-corrected chi connectivity index (χ1v) is 7.56. The molecule has 6 nitrogen and oxygen atoms in total. The standard InChI is InChI=1S/C18H14F2N4O2/c1-26-13-4-2-3-11(9-13)22-18(25)16-7-8-17(24-23-16)21-12-5-6-14(19)15(20)10-12/h2-10H,1H3,(H,21,24)(H,22,25). The second-order valence-corrected chi connectivity index (χ2v) is 5.24. The maximum Gasteiger partial charge on any atom is 0.276 e. The SMILES string of the molecule is COc1cccc(NC(=O)c2ccc(Nc3ccc(F)c(F)c3)nn2)c1. The summed E-state index contributed by atoms with van der Waals surface area (Å²) in [6, 6.07) is 13.2. The van der Waals surface area contributed by atoms with Crippen LogP contribution in [0.15, 0.2) is 54.6 Å². The number of hydrogen-bond donors (Lipinski definition) is 2. The number of halogens is 2. The van der Waals surface area contributed by atoms with E-state index in [1.165, 1.54) is 25.3 Å². The summed E-state index contributed by atoms with van der Waals surface area (Å²) < 4.78 is 31.2. The molecular weight excluding hydrogens is 342 g/mol. The van der Waals surface area contributed by atoms with Crippen LogP contribution >= 0.6 is 0 Å². The smallest absolute Gasteiger partial charge is 0.276 e. The topological polar surface area (TPSA) is 76.1 Å². The first-order chi connectivity index (χ1) is 12.5. The van der Waals surface area contributed by atoms with E-state index in [1.54, 1.807) is 24.3 Å². The van der Waals surface area contributed by atoms with E-state index in [9.17, 15) is 13.6 Å². The zero-order valence-corrected chi connectivity index (χ0v) is 13.7. The monoisotopic (exact) mass is 356 g/mol. The van der Waals surface area contributed by atoms with Gasteiger partial charge in [-0.25, -0.2) is 8.78 Å². The Labute approximate surface area is 147 Å². The third kappa shape index (κ3) is 4.10. The fraction of sp³-hybridized carbons (Fsp3) is 0.0556. The van der Waals surface area contributed by atoms with Crippen LogP contribution in [-0.4, -0.2) is 23.2 Å². The number of rotatable bonds is 5. The lowest BCUT2D eigenvalue weighted by Gasteiger charge is -2.08. The largest absolute Gasteiger partial charge is 0.497 e. The molecule has 8 heteroatoms. The molecule has 0 atom stereocenters. The van der Waals surface area contributed by atoms with Crippen molar-refractivity contribution in [2.45, 2.75) is 0 Å². The number of anilines is 3. The number of benzene rings is 2. The molecule has 0 aliphatic carbocycles. The normalized spacial score (nSPS) is 10.3. The van der Waals surface area contributed by atoms with Crippen molar-refractivity contribution >= 4 is 23.1 Å². The fourth-order valence-corrected chi connectivity index (χ4v) is 2.14. The van der Waals surface area contributed by atoms with Crippen LogP contribution in [0.2, 0.25) is 0 Å². The highest BCUT2D eigenvalue weighted by atomic mass is 19.2. The second kappa shape index (κ2) is 7.56. The number of hydrogen-bond acceptors (Lipinski definition) is 5. The summed E-state index contributed by atoms with van der Waals surface area (Å²) in [5, 5.41) is 13.1. The number of amides is 1. The van der Waals surface area contributed by atoms with Gasteiger partial charge in [0.2, 0.25) is 0 Å². The Morgan fingerprint density at radius 1 is 0.962 bits per heavy atom. The van der Waals surface area contributed by atoms with Crippen molar-refractivity contribution in [2.24, 2.45) is 0 Å². The average molecular weight is 356 g/mol. The van der Waals surface area contributed by atoms with Crippen molar-refractivity contribution in [1.82, 2.24) is 10.2 Å². The molecule has 0 saturated carbocycles. The van der Waals surface area contributed by atoms with Crippen molar-refractivity contribution < 1.29 is 18.3 Å². The predicted molar refractivity (Wildman–Crippen MR) is 92.6 cm³/mol. The Kier molecular flexibility index (Phi) is 5.02. The molecule has 0 fully saturated rings. The van der Waals surface area contributed by atoms with Gasteiger partial charge in [0.25, 0.3) is 5.91 Å². The summed E-state index contributed by atoms with van der Waals surface area (Å²) in [4.78, 5) is 12.2. The molecule has 0 unspecified atom stereocenters. The van der Waals surface area contributed by atoms with Crippen molar-refractivity contribution in [3.63, 3.8) is 0 Å². The number of methoxy groups -OCH3 is 1. The van der Waals surface area contributed by atoms with Gasteiger partial charge in [-0.1, -0.05) is 6.07 Å². The minimum absolute atomic E-state index is 0.101. The molecule has 1 amide bonds. The number of aromatic nitrogens is 2. The van der Waals surface area contributed by atoms with Crippen LogP contribution < -0.4 is 15.4 Å². The van der Waals surface area contributed by atoms with Gasteiger partial charge in [0.1, 0.15) is 5.75 Å². The van der Waals surface area contributed by atoms with Crippen LogP contribution in [0, 0.1) is 11.6 Å². The van der Waals surface area contributed by atoms with Crippen LogP contribution in [0.1, 0.15) is 10.5 Å². The van der Waals surface area contributed by atoms with E-state index >= 15 is 0 Å². The minimum Gasteiger partial charge on any atom is -0.497 e. The van der Waals surface area contributed by atoms with Crippen molar-refractivity contribution in [3.8, 4) is 5.75 Å². The Hall–Kier alpha value is -3.55. The van der Waals surface area contributed by atoms with E-state index < -0.39 is 17.5 Å². The Morgan fingerprint density at radius 3 is 2.50 bits per heavy atom. The Balaban J connectivity index is 1.68. The van der Waals surface area contributed by atoms with Crippen LogP contribution in [0.5, 0.6) is 5.75 Å². The lowest BCUT2D eigenvalue weighted by molar-refractivity contribution is 0.102. The van der Waals surface area contributed by atoms with E-state index in [-0.39, 0.29) is 11.5 Å². The highest BCUT2D eigenvalue weighted by Gasteiger charge is 2.10. The number of nitrogens with zero attached hydrogens (tertiary/aromatic N) is 2.